The topological polar surface area (TPSA) is 42.4 Å². The van der Waals surface area contributed by atoms with Crippen LogP contribution in [0.3, 0.4) is 0 Å². The smallest absolute Gasteiger partial charge is 0.141 e. The van der Waals surface area contributed by atoms with E-state index in [0.29, 0.717) is 10.9 Å². The zero-order chi connectivity index (χ0) is 17.4. The highest BCUT2D eigenvalue weighted by Gasteiger charge is 2.21. The van der Waals surface area contributed by atoms with Crippen LogP contribution in [0.1, 0.15) is 24.1 Å². The molecule has 0 aliphatic heterocycles. The molecule has 3 nitrogen and oxygen atoms in total. The molecule has 6 heteroatoms. The second-order valence-electron chi connectivity index (χ2n) is 6.32. The number of pyridine rings is 1. The molecule has 1 fully saturated rings. The summed E-state index contributed by atoms with van der Waals surface area (Å²) in [6.07, 6.45) is 5.57. The van der Waals surface area contributed by atoms with E-state index in [9.17, 15) is 5.11 Å². The molecule has 0 spiro atoms. The van der Waals surface area contributed by atoms with Crippen molar-refractivity contribution < 1.29 is 9.84 Å². The number of nitrogens with zero attached hydrogens (tertiary/aromatic N) is 1. The van der Waals surface area contributed by atoms with E-state index in [1.54, 1.807) is 17.5 Å². The van der Waals surface area contributed by atoms with E-state index in [2.05, 4.69) is 20.9 Å². The standard InChI is InChI=1S/C19H17BrClNO2S/c20-16-7-12(21)6-15(18(16)24-10-11-2-1-3-11)14-4-5-22-17-8-13(9-23)25-19(14)17/h4-8,11,23H,1-3,9-10H2. The Labute approximate surface area is 163 Å². The van der Waals surface area contributed by atoms with Crippen molar-refractivity contribution in [2.45, 2.75) is 25.9 Å². The Hall–Kier alpha value is -1.14. The van der Waals surface area contributed by atoms with Crippen molar-refractivity contribution in [1.29, 1.82) is 0 Å². The van der Waals surface area contributed by atoms with Crippen molar-refractivity contribution in [2.75, 3.05) is 6.61 Å². The number of aliphatic hydroxyl groups excluding tert-OH is 1. The quantitative estimate of drug-likeness (QED) is 0.527. The van der Waals surface area contributed by atoms with Gasteiger partial charge < -0.3 is 9.84 Å². The van der Waals surface area contributed by atoms with Crippen molar-refractivity contribution in [3.8, 4) is 16.9 Å². The predicted molar refractivity (Wildman–Crippen MR) is 107 cm³/mol. The summed E-state index contributed by atoms with van der Waals surface area (Å²) in [5.74, 6) is 1.47. The van der Waals surface area contributed by atoms with Gasteiger partial charge in [-0.1, -0.05) is 18.0 Å². The number of aliphatic hydroxyl groups is 1. The first kappa shape index (κ1) is 17.3. The number of thiophene rings is 1. The zero-order valence-corrected chi connectivity index (χ0v) is 16.6. The average Bonchev–Trinajstić information content (AvgIpc) is 2.98. The molecule has 0 saturated heterocycles. The van der Waals surface area contributed by atoms with E-state index in [4.69, 9.17) is 16.3 Å². The average molecular weight is 439 g/mol. The second-order valence-corrected chi connectivity index (χ2v) is 8.74. The molecule has 25 heavy (non-hydrogen) atoms. The molecule has 1 N–H and O–H groups in total. The highest BCUT2D eigenvalue weighted by molar-refractivity contribution is 9.10. The predicted octanol–water partition coefficient (Wildman–Crippen LogP) is 6.05. The van der Waals surface area contributed by atoms with Crippen LogP contribution < -0.4 is 4.74 Å². The largest absolute Gasteiger partial charge is 0.491 e. The van der Waals surface area contributed by atoms with Crippen LogP contribution in [0.15, 0.2) is 34.9 Å². The van der Waals surface area contributed by atoms with Crippen LogP contribution in [-0.2, 0) is 6.61 Å². The van der Waals surface area contributed by atoms with Crippen LogP contribution in [0.4, 0.5) is 0 Å². The first-order chi connectivity index (χ1) is 12.2. The zero-order valence-electron chi connectivity index (χ0n) is 13.5. The molecule has 2 aromatic heterocycles. The van der Waals surface area contributed by atoms with E-state index in [1.807, 2.05) is 24.3 Å². The minimum absolute atomic E-state index is 0.0186. The van der Waals surface area contributed by atoms with Crippen molar-refractivity contribution in [3.63, 3.8) is 0 Å². The SMILES string of the molecule is OCc1cc2nccc(-c3cc(Cl)cc(Br)c3OCC3CCC3)c2s1. The van der Waals surface area contributed by atoms with Crippen LogP contribution >= 0.6 is 38.9 Å². The molecule has 1 aliphatic rings. The molecule has 2 heterocycles. The maximum Gasteiger partial charge on any atom is 0.141 e. The third kappa shape index (κ3) is 3.43. The van der Waals surface area contributed by atoms with Gasteiger partial charge in [-0.25, -0.2) is 0 Å². The van der Waals surface area contributed by atoms with Gasteiger partial charge in [0.2, 0.25) is 0 Å². The lowest BCUT2D eigenvalue weighted by Gasteiger charge is -2.26. The summed E-state index contributed by atoms with van der Waals surface area (Å²) < 4.78 is 8.09. The van der Waals surface area contributed by atoms with Crippen LogP contribution in [0.5, 0.6) is 5.75 Å². The van der Waals surface area contributed by atoms with Crippen molar-refractivity contribution in [2.24, 2.45) is 5.92 Å². The highest BCUT2D eigenvalue weighted by atomic mass is 79.9. The molecule has 0 amide bonds. The number of benzene rings is 1. The lowest BCUT2D eigenvalue weighted by molar-refractivity contribution is 0.180. The van der Waals surface area contributed by atoms with E-state index in [1.165, 1.54) is 19.3 Å². The molecule has 130 valence electrons. The van der Waals surface area contributed by atoms with E-state index < -0.39 is 0 Å². The van der Waals surface area contributed by atoms with Gasteiger partial charge in [0.25, 0.3) is 0 Å². The van der Waals surface area contributed by atoms with Gasteiger partial charge in [0.1, 0.15) is 5.75 Å². The van der Waals surface area contributed by atoms with Gasteiger partial charge in [0, 0.05) is 27.2 Å². The number of hydrogen-bond acceptors (Lipinski definition) is 4. The Morgan fingerprint density at radius 1 is 1.28 bits per heavy atom. The summed E-state index contributed by atoms with van der Waals surface area (Å²) in [6.45, 7) is 0.749. The van der Waals surface area contributed by atoms with Crippen molar-refractivity contribution in [3.05, 3.63) is 44.8 Å². The van der Waals surface area contributed by atoms with Gasteiger partial charge in [-0.2, -0.15) is 0 Å². The maximum absolute atomic E-state index is 9.45. The van der Waals surface area contributed by atoms with Gasteiger partial charge in [-0.3, -0.25) is 4.98 Å². The maximum atomic E-state index is 9.45. The van der Waals surface area contributed by atoms with Gasteiger partial charge in [-0.15, -0.1) is 11.3 Å². The third-order valence-electron chi connectivity index (χ3n) is 4.61. The van der Waals surface area contributed by atoms with Crippen molar-refractivity contribution >= 4 is 49.1 Å². The molecule has 0 unspecified atom stereocenters. The highest BCUT2D eigenvalue weighted by Crippen LogP contribution is 2.43. The minimum Gasteiger partial charge on any atom is -0.491 e. The van der Waals surface area contributed by atoms with Crippen LogP contribution in [0.25, 0.3) is 21.3 Å². The summed E-state index contributed by atoms with van der Waals surface area (Å²) in [5, 5.41) is 10.1. The number of rotatable bonds is 5. The minimum atomic E-state index is 0.0186. The van der Waals surface area contributed by atoms with Gasteiger partial charge >= 0.3 is 0 Å². The number of ether oxygens (including phenoxy) is 1. The van der Waals surface area contributed by atoms with E-state index in [-0.39, 0.29) is 6.61 Å². The number of aromatic nitrogens is 1. The summed E-state index contributed by atoms with van der Waals surface area (Å²) in [5.41, 5.74) is 2.87. The fraction of sp³-hybridized carbons (Fsp3) is 0.316. The summed E-state index contributed by atoms with van der Waals surface area (Å²) in [6, 6.07) is 7.72. The van der Waals surface area contributed by atoms with Gasteiger partial charge in [0.15, 0.2) is 0 Å². The first-order valence-electron chi connectivity index (χ1n) is 8.26. The normalized spacial score (nSPS) is 14.7. The number of halogens is 2. The van der Waals surface area contributed by atoms with Crippen LogP contribution in [0, 0.1) is 5.92 Å². The number of fused-ring (bicyclic) bond motifs is 1. The molecule has 0 atom stereocenters. The molecule has 4 rings (SSSR count). The third-order valence-corrected chi connectivity index (χ3v) is 6.56. The molecule has 3 aromatic rings. The molecule has 0 radical (unpaired) electrons. The molecule has 0 bridgehead atoms. The van der Waals surface area contributed by atoms with Crippen LogP contribution in [0.2, 0.25) is 5.02 Å². The van der Waals surface area contributed by atoms with Gasteiger partial charge in [0.05, 0.1) is 27.9 Å². The summed E-state index contributed by atoms with van der Waals surface area (Å²) >= 11 is 11.5. The Morgan fingerprint density at radius 2 is 2.12 bits per heavy atom. The number of hydrogen-bond donors (Lipinski definition) is 1. The Kier molecular flexibility index (Phi) is 5.00. The van der Waals surface area contributed by atoms with E-state index >= 15 is 0 Å². The Balaban J connectivity index is 1.82. The van der Waals surface area contributed by atoms with Crippen molar-refractivity contribution in [1.82, 2.24) is 4.98 Å². The molecule has 1 saturated carbocycles. The fourth-order valence-corrected chi connectivity index (χ4v) is 4.97. The summed E-state index contributed by atoms with van der Waals surface area (Å²) in [4.78, 5) is 5.32. The lowest BCUT2D eigenvalue weighted by Crippen LogP contribution is -2.19. The van der Waals surface area contributed by atoms with Crippen LogP contribution in [-0.4, -0.2) is 16.7 Å². The monoisotopic (exact) mass is 437 g/mol. The van der Waals surface area contributed by atoms with E-state index in [0.717, 1.165) is 43.0 Å². The first-order valence-corrected chi connectivity index (χ1v) is 10.2. The molecular formula is C19H17BrClNO2S. The fourth-order valence-electron chi connectivity index (χ4n) is 3.05. The Morgan fingerprint density at radius 3 is 2.84 bits per heavy atom. The second kappa shape index (κ2) is 7.23. The lowest BCUT2D eigenvalue weighted by atomic mass is 9.86. The molecule has 1 aromatic carbocycles. The molecule has 1 aliphatic carbocycles. The Bertz CT molecular complexity index is 923. The van der Waals surface area contributed by atoms with Gasteiger partial charge in [-0.05, 0) is 59.0 Å². The molecular weight excluding hydrogens is 422 g/mol. The summed E-state index contributed by atoms with van der Waals surface area (Å²) in [7, 11) is 0.